The maximum Gasteiger partial charge on any atom is 0.255 e. The zero-order valence-corrected chi connectivity index (χ0v) is 13.1. The van der Waals surface area contributed by atoms with E-state index in [1.54, 1.807) is 12.3 Å². The molecule has 1 saturated heterocycles. The molecule has 1 atom stereocenters. The number of aliphatic hydroxyl groups is 1. The molecule has 1 aliphatic heterocycles. The lowest BCUT2D eigenvalue weighted by Crippen LogP contribution is -2.44. The predicted molar refractivity (Wildman–Crippen MR) is 83.8 cm³/mol. The molecule has 0 aromatic carbocycles. The minimum absolute atomic E-state index is 0.0504. The predicted octanol–water partition coefficient (Wildman–Crippen LogP) is 2.54. The third kappa shape index (κ3) is 3.86. The van der Waals surface area contributed by atoms with E-state index >= 15 is 0 Å². The summed E-state index contributed by atoms with van der Waals surface area (Å²) in [7, 11) is 0. The molecular weight excluding hydrogens is 290 g/mol. The third-order valence-corrected chi connectivity index (χ3v) is 4.07. The topological polar surface area (TPSA) is 65.5 Å². The summed E-state index contributed by atoms with van der Waals surface area (Å²) in [6.45, 7) is 3.53. The molecule has 2 heterocycles. The van der Waals surface area contributed by atoms with Crippen molar-refractivity contribution < 1.29 is 9.90 Å². The van der Waals surface area contributed by atoms with E-state index in [1.807, 2.05) is 11.8 Å². The molecule has 0 saturated carbocycles. The Morgan fingerprint density at radius 2 is 2.38 bits per heavy atom. The molecule has 21 heavy (non-hydrogen) atoms. The molecule has 116 valence electrons. The number of amides is 1. The number of halogens is 1. The van der Waals surface area contributed by atoms with Crippen LogP contribution < -0.4 is 5.32 Å². The van der Waals surface area contributed by atoms with E-state index in [4.69, 9.17) is 16.7 Å². The molecule has 0 radical (unpaired) electrons. The monoisotopic (exact) mass is 311 g/mol. The standard InChI is InChI=1S/C15H22ClN3O2/c1-2-17-14-13(16)9-11(10-18-14)15(21)19-7-4-3-5-12(19)6-8-20/h9-10,12,20H,2-8H2,1H3,(H,17,18). The molecule has 1 unspecified atom stereocenters. The Balaban J connectivity index is 2.16. The van der Waals surface area contributed by atoms with Gasteiger partial charge in [-0.25, -0.2) is 4.98 Å². The van der Waals surface area contributed by atoms with Crippen molar-refractivity contribution >= 4 is 23.3 Å². The van der Waals surface area contributed by atoms with Gasteiger partial charge in [0.2, 0.25) is 0 Å². The molecule has 5 nitrogen and oxygen atoms in total. The molecule has 0 aliphatic carbocycles. The molecule has 1 aromatic heterocycles. The molecular formula is C15H22ClN3O2. The molecule has 1 aromatic rings. The number of piperidine rings is 1. The first-order valence-corrected chi connectivity index (χ1v) is 7.86. The van der Waals surface area contributed by atoms with Gasteiger partial charge in [0.25, 0.3) is 5.91 Å². The van der Waals surface area contributed by atoms with Gasteiger partial charge in [-0.3, -0.25) is 4.79 Å². The van der Waals surface area contributed by atoms with E-state index in [-0.39, 0.29) is 18.6 Å². The van der Waals surface area contributed by atoms with Crippen molar-refractivity contribution in [2.75, 3.05) is 25.0 Å². The van der Waals surface area contributed by atoms with Crippen LogP contribution in [0.25, 0.3) is 0 Å². The summed E-state index contributed by atoms with van der Waals surface area (Å²) < 4.78 is 0. The molecule has 1 fully saturated rings. The van der Waals surface area contributed by atoms with Crippen LogP contribution in [0.4, 0.5) is 5.82 Å². The van der Waals surface area contributed by atoms with Gasteiger partial charge in [0.05, 0.1) is 10.6 Å². The SMILES string of the molecule is CCNc1ncc(C(=O)N2CCCCC2CCO)cc1Cl. The van der Waals surface area contributed by atoms with Crippen LogP contribution in [0.15, 0.2) is 12.3 Å². The Kier molecular flexibility index (Phi) is 5.82. The van der Waals surface area contributed by atoms with Crippen molar-refractivity contribution in [3.05, 3.63) is 22.8 Å². The van der Waals surface area contributed by atoms with Gasteiger partial charge in [0.1, 0.15) is 5.82 Å². The average molecular weight is 312 g/mol. The minimum atomic E-state index is -0.0504. The summed E-state index contributed by atoms with van der Waals surface area (Å²) >= 11 is 6.15. The quantitative estimate of drug-likeness (QED) is 0.877. The number of carbonyl (C=O) groups is 1. The number of likely N-dealkylation sites (tertiary alicyclic amines) is 1. The number of anilines is 1. The first-order chi connectivity index (χ1) is 10.2. The van der Waals surface area contributed by atoms with Gasteiger partial charge in [-0.2, -0.15) is 0 Å². The zero-order chi connectivity index (χ0) is 15.2. The lowest BCUT2D eigenvalue weighted by atomic mass is 9.98. The lowest BCUT2D eigenvalue weighted by Gasteiger charge is -2.35. The van der Waals surface area contributed by atoms with Gasteiger partial charge in [-0.05, 0) is 38.7 Å². The van der Waals surface area contributed by atoms with Crippen molar-refractivity contribution in [1.82, 2.24) is 9.88 Å². The molecule has 2 N–H and O–H groups in total. The molecule has 1 aliphatic rings. The number of aromatic nitrogens is 1. The molecule has 0 spiro atoms. The Labute approximate surface area is 130 Å². The molecule has 6 heteroatoms. The molecule has 1 amide bonds. The second-order valence-electron chi connectivity index (χ2n) is 5.25. The van der Waals surface area contributed by atoms with Crippen molar-refractivity contribution in [3.8, 4) is 0 Å². The zero-order valence-electron chi connectivity index (χ0n) is 12.3. The van der Waals surface area contributed by atoms with E-state index in [9.17, 15) is 4.79 Å². The van der Waals surface area contributed by atoms with Crippen LogP contribution in [0.5, 0.6) is 0 Å². The highest BCUT2D eigenvalue weighted by atomic mass is 35.5. The number of hydrogen-bond acceptors (Lipinski definition) is 4. The Morgan fingerprint density at radius 3 is 3.05 bits per heavy atom. The van der Waals surface area contributed by atoms with E-state index in [0.717, 1.165) is 32.4 Å². The number of aliphatic hydroxyl groups excluding tert-OH is 1. The van der Waals surface area contributed by atoms with Gasteiger partial charge in [-0.1, -0.05) is 11.6 Å². The number of pyridine rings is 1. The fraction of sp³-hybridized carbons (Fsp3) is 0.600. The van der Waals surface area contributed by atoms with Gasteiger partial charge >= 0.3 is 0 Å². The van der Waals surface area contributed by atoms with E-state index in [0.29, 0.717) is 22.8 Å². The third-order valence-electron chi connectivity index (χ3n) is 3.78. The number of hydrogen-bond donors (Lipinski definition) is 2. The summed E-state index contributed by atoms with van der Waals surface area (Å²) in [4.78, 5) is 18.7. The maximum atomic E-state index is 12.6. The highest BCUT2D eigenvalue weighted by Gasteiger charge is 2.27. The fourth-order valence-electron chi connectivity index (χ4n) is 2.74. The Morgan fingerprint density at radius 1 is 1.57 bits per heavy atom. The summed E-state index contributed by atoms with van der Waals surface area (Å²) in [5.41, 5.74) is 0.506. The van der Waals surface area contributed by atoms with Crippen LogP contribution in [0.3, 0.4) is 0 Å². The first kappa shape index (κ1) is 16.0. The van der Waals surface area contributed by atoms with E-state index in [1.165, 1.54) is 0 Å². The second-order valence-corrected chi connectivity index (χ2v) is 5.65. The largest absolute Gasteiger partial charge is 0.396 e. The Hall–Kier alpha value is -1.33. The van der Waals surface area contributed by atoms with Gasteiger partial charge in [0.15, 0.2) is 0 Å². The summed E-state index contributed by atoms with van der Waals surface area (Å²) in [5.74, 6) is 0.548. The van der Waals surface area contributed by atoms with Gasteiger partial charge < -0.3 is 15.3 Å². The number of carbonyl (C=O) groups excluding carboxylic acids is 1. The van der Waals surface area contributed by atoms with Crippen molar-refractivity contribution in [2.24, 2.45) is 0 Å². The first-order valence-electron chi connectivity index (χ1n) is 7.48. The van der Waals surface area contributed by atoms with Crippen molar-refractivity contribution in [3.63, 3.8) is 0 Å². The smallest absolute Gasteiger partial charge is 0.255 e. The maximum absolute atomic E-state index is 12.6. The van der Waals surface area contributed by atoms with Gasteiger partial charge in [0, 0.05) is 31.9 Å². The van der Waals surface area contributed by atoms with Crippen LogP contribution >= 0.6 is 11.6 Å². The second kappa shape index (κ2) is 7.61. The van der Waals surface area contributed by atoms with E-state index < -0.39 is 0 Å². The summed E-state index contributed by atoms with van der Waals surface area (Å²) in [5, 5.41) is 12.7. The van der Waals surface area contributed by atoms with Crippen LogP contribution in [-0.2, 0) is 0 Å². The number of rotatable bonds is 5. The highest BCUT2D eigenvalue weighted by molar-refractivity contribution is 6.33. The normalized spacial score (nSPS) is 18.6. The highest BCUT2D eigenvalue weighted by Crippen LogP contribution is 2.24. The summed E-state index contributed by atoms with van der Waals surface area (Å²) in [6, 6.07) is 1.78. The van der Waals surface area contributed by atoms with E-state index in [2.05, 4.69) is 10.3 Å². The van der Waals surface area contributed by atoms with Crippen LogP contribution in [0.1, 0.15) is 43.0 Å². The summed E-state index contributed by atoms with van der Waals surface area (Å²) in [6.07, 6.45) is 5.25. The Bertz CT molecular complexity index is 494. The average Bonchev–Trinajstić information content (AvgIpc) is 2.50. The van der Waals surface area contributed by atoms with Crippen LogP contribution in [-0.4, -0.2) is 46.6 Å². The van der Waals surface area contributed by atoms with Crippen LogP contribution in [0.2, 0.25) is 5.02 Å². The van der Waals surface area contributed by atoms with Crippen LogP contribution in [0, 0.1) is 0 Å². The lowest BCUT2D eigenvalue weighted by molar-refractivity contribution is 0.0574. The van der Waals surface area contributed by atoms with Crippen molar-refractivity contribution in [1.29, 1.82) is 0 Å². The van der Waals surface area contributed by atoms with Crippen molar-refractivity contribution in [2.45, 2.75) is 38.6 Å². The number of nitrogens with one attached hydrogen (secondary N) is 1. The fourth-order valence-corrected chi connectivity index (χ4v) is 2.97. The molecule has 2 rings (SSSR count). The van der Waals surface area contributed by atoms with Gasteiger partial charge in [-0.15, -0.1) is 0 Å². The minimum Gasteiger partial charge on any atom is -0.396 e. The number of nitrogens with zero attached hydrogens (tertiary/aromatic N) is 2. The molecule has 0 bridgehead atoms.